The lowest BCUT2D eigenvalue weighted by molar-refractivity contribution is -0.148. The second-order valence-electron chi connectivity index (χ2n) is 2.63. The van der Waals surface area contributed by atoms with Crippen molar-refractivity contribution in [2.24, 2.45) is 0 Å². The van der Waals surface area contributed by atoms with E-state index < -0.39 is 25.5 Å². The highest BCUT2D eigenvalue weighted by Crippen LogP contribution is 2.51. The minimum absolute atomic E-state index is 0.574. The standard InChI is InChI=1S/C7H15O6P/c1-5(13-6(2)8)7(9)14(10,11-3)12-4/h5,7,9H,1-4H3/t5-,7-/m0/s1. The number of rotatable bonds is 5. The van der Waals surface area contributed by atoms with E-state index in [2.05, 4.69) is 13.8 Å². The number of ether oxygens (including phenoxy) is 1. The molecule has 0 saturated carbocycles. The minimum Gasteiger partial charge on any atom is -0.459 e. The lowest BCUT2D eigenvalue weighted by atomic mass is 10.4. The van der Waals surface area contributed by atoms with Gasteiger partial charge in [0.1, 0.15) is 6.10 Å². The maximum atomic E-state index is 11.6. The molecule has 0 aromatic heterocycles. The molecule has 0 unspecified atom stereocenters. The van der Waals surface area contributed by atoms with Crippen LogP contribution in [-0.2, 0) is 23.1 Å². The van der Waals surface area contributed by atoms with Gasteiger partial charge in [0.15, 0.2) is 5.85 Å². The van der Waals surface area contributed by atoms with E-state index >= 15 is 0 Å². The van der Waals surface area contributed by atoms with E-state index in [4.69, 9.17) is 0 Å². The Balaban J connectivity index is 4.50. The molecule has 0 aliphatic rings. The zero-order chi connectivity index (χ0) is 11.4. The Bertz CT molecular complexity index is 232. The Morgan fingerprint density at radius 2 is 1.79 bits per heavy atom. The largest absolute Gasteiger partial charge is 0.459 e. The quantitative estimate of drug-likeness (QED) is 0.550. The van der Waals surface area contributed by atoms with Gasteiger partial charge in [-0.1, -0.05) is 0 Å². The number of carbonyl (C=O) groups is 1. The Labute approximate surface area is 82.7 Å². The molecule has 0 aromatic rings. The van der Waals surface area contributed by atoms with Crippen molar-refractivity contribution >= 4 is 13.6 Å². The minimum atomic E-state index is -3.61. The number of esters is 1. The Kier molecular flexibility index (Phi) is 5.29. The van der Waals surface area contributed by atoms with Gasteiger partial charge >= 0.3 is 13.6 Å². The smallest absolute Gasteiger partial charge is 0.362 e. The fourth-order valence-electron chi connectivity index (χ4n) is 0.870. The van der Waals surface area contributed by atoms with Gasteiger partial charge in [-0.05, 0) is 6.92 Å². The second kappa shape index (κ2) is 5.46. The second-order valence-corrected chi connectivity index (χ2v) is 4.97. The van der Waals surface area contributed by atoms with Gasteiger partial charge in [-0.3, -0.25) is 9.36 Å². The van der Waals surface area contributed by atoms with Crippen LogP contribution in [0.2, 0.25) is 0 Å². The molecule has 0 radical (unpaired) electrons. The molecule has 0 aliphatic heterocycles. The fraction of sp³-hybridized carbons (Fsp3) is 0.857. The average molecular weight is 226 g/mol. The lowest BCUT2D eigenvalue weighted by Gasteiger charge is -2.24. The van der Waals surface area contributed by atoms with E-state index in [-0.39, 0.29) is 0 Å². The normalized spacial score (nSPS) is 16.1. The highest BCUT2D eigenvalue weighted by molar-refractivity contribution is 7.54. The third-order valence-electron chi connectivity index (χ3n) is 1.60. The number of aliphatic hydroxyl groups excluding tert-OH is 1. The number of carbonyl (C=O) groups excluding carboxylic acids is 1. The van der Waals surface area contributed by atoms with Crippen LogP contribution in [0.25, 0.3) is 0 Å². The molecule has 0 bridgehead atoms. The highest BCUT2D eigenvalue weighted by Gasteiger charge is 2.38. The number of hydrogen-bond donors (Lipinski definition) is 1. The molecule has 14 heavy (non-hydrogen) atoms. The van der Waals surface area contributed by atoms with Gasteiger partial charge in [0.2, 0.25) is 0 Å². The predicted octanol–water partition coefficient (Wildman–Crippen LogP) is 0.742. The summed E-state index contributed by atoms with van der Waals surface area (Å²) < 4.78 is 25.3. The van der Waals surface area contributed by atoms with Gasteiger partial charge in [-0.25, -0.2) is 0 Å². The topological polar surface area (TPSA) is 82.1 Å². The van der Waals surface area contributed by atoms with Gasteiger partial charge in [0.25, 0.3) is 0 Å². The molecular weight excluding hydrogens is 211 g/mol. The first-order valence-corrected chi connectivity index (χ1v) is 5.55. The first kappa shape index (κ1) is 13.6. The Morgan fingerprint density at radius 1 is 1.36 bits per heavy atom. The number of hydrogen-bond acceptors (Lipinski definition) is 6. The molecule has 84 valence electrons. The molecule has 2 atom stereocenters. The zero-order valence-electron chi connectivity index (χ0n) is 8.59. The first-order valence-electron chi connectivity index (χ1n) is 3.94. The molecule has 1 N–H and O–H groups in total. The molecule has 0 spiro atoms. The lowest BCUT2D eigenvalue weighted by Crippen LogP contribution is -2.28. The molecule has 7 heteroatoms. The van der Waals surface area contributed by atoms with E-state index in [1.165, 1.54) is 13.8 Å². The van der Waals surface area contributed by atoms with Crippen LogP contribution in [0, 0.1) is 0 Å². The summed E-state index contributed by atoms with van der Waals surface area (Å²) in [6.07, 6.45) is -0.946. The molecule has 0 rings (SSSR count). The molecule has 6 nitrogen and oxygen atoms in total. The van der Waals surface area contributed by atoms with Crippen LogP contribution >= 0.6 is 7.60 Å². The van der Waals surface area contributed by atoms with Crippen molar-refractivity contribution in [1.29, 1.82) is 0 Å². The van der Waals surface area contributed by atoms with E-state index in [9.17, 15) is 14.5 Å². The fourth-order valence-corrected chi connectivity index (χ4v) is 2.03. The Hall–Kier alpha value is -0.420. The van der Waals surface area contributed by atoms with Crippen LogP contribution in [0.3, 0.4) is 0 Å². The van der Waals surface area contributed by atoms with Crippen molar-refractivity contribution in [3.8, 4) is 0 Å². The van der Waals surface area contributed by atoms with E-state index in [1.807, 2.05) is 0 Å². The maximum absolute atomic E-state index is 11.6. The summed E-state index contributed by atoms with van der Waals surface area (Å²) in [5, 5.41) is 9.50. The summed E-state index contributed by atoms with van der Waals surface area (Å²) in [5.74, 6) is -2.06. The van der Waals surface area contributed by atoms with Crippen molar-refractivity contribution in [2.45, 2.75) is 25.8 Å². The molecule has 0 amide bonds. The van der Waals surface area contributed by atoms with Crippen molar-refractivity contribution < 1.29 is 28.3 Å². The van der Waals surface area contributed by atoms with Crippen LogP contribution < -0.4 is 0 Å². The van der Waals surface area contributed by atoms with E-state index in [1.54, 1.807) is 0 Å². The zero-order valence-corrected chi connectivity index (χ0v) is 9.48. The van der Waals surface area contributed by atoms with E-state index in [0.29, 0.717) is 0 Å². The average Bonchev–Trinajstić information content (AvgIpc) is 2.14. The summed E-state index contributed by atoms with van der Waals surface area (Å²) in [4.78, 5) is 10.6. The first-order chi connectivity index (χ1) is 6.37. The van der Waals surface area contributed by atoms with Crippen molar-refractivity contribution in [3.05, 3.63) is 0 Å². The van der Waals surface area contributed by atoms with Crippen LogP contribution in [0.1, 0.15) is 13.8 Å². The third-order valence-corrected chi connectivity index (χ3v) is 3.69. The predicted molar refractivity (Wildman–Crippen MR) is 48.9 cm³/mol. The van der Waals surface area contributed by atoms with Crippen molar-refractivity contribution in [3.63, 3.8) is 0 Å². The van der Waals surface area contributed by atoms with Crippen LogP contribution in [-0.4, -0.2) is 37.2 Å². The monoisotopic (exact) mass is 226 g/mol. The molecule has 0 aliphatic carbocycles. The van der Waals surface area contributed by atoms with Gasteiger partial charge in [-0.2, -0.15) is 0 Å². The van der Waals surface area contributed by atoms with Gasteiger partial charge < -0.3 is 18.9 Å². The molecule has 0 saturated heterocycles. The van der Waals surface area contributed by atoms with Gasteiger partial charge in [0, 0.05) is 21.1 Å². The van der Waals surface area contributed by atoms with Crippen molar-refractivity contribution in [1.82, 2.24) is 0 Å². The van der Waals surface area contributed by atoms with Crippen LogP contribution in [0.15, 0.2) is 0 Å². The number of aliphatic hydroxyl groups is 1. The van der Waals surface area contributed by atoms with Crippen LogP contribution in [0.5, 0.6) is 0 Å². The summed E-state index contributed by atoms with van der Waals surface area (Å²) >= 11 is 0. The summed E-state index contributed by atoms with van der Waals surface area (Å²) in [6, 6.07) is 0. The van der Waals surface area contributed by atoms with Crippen LogP contribution in [0.4, 0.5) is 0 Å². The van der Waals surface area contributed by atoms with Gasteiger partial charge in [0.05, 0.1) is 0 Å². The Morgan fingerprint density at radius 3 is 2.07 bits per heavy atom. The van der Waals surface area contributed by atoms with Gasteiger partial charge in [-0.15, -0.1) is 0 Å². The highest BCUT2D eigenvalue weighted by atomic mass is 31.2. The molecule has 0 heterocycles. The molecule has 0 fully saturated rings. The summed E-state index contributed by atoms with van der Waals surface area (Å²) in [7, 11) is -1.31. The summed E-state index contributed by atoms with van der Waals surface area (Å²) in [5.41, 5.74) is 0. The SMILES string of the molecule is COP(=O)(OC)[C@H](O)[C@H](C)OC(C)=O. The maximum Gasteiger partial charge on any atom is 0.362 e. The van der Waals surface area contributed by atoms with Crippen molar-refractivity contribution in [2.75, 3.05) is 14.2 Å². The van der Waals surface area contributed by atoms with E-state index in [0.717, 1.165) is 14.2 Å². The molecular formula is C7H15O6P. The third kappa shape index (κ3) is 3.38. The summed E-state index contributed by atoms with van der Waals surface area (Å²) in [6.45, 7) is 2.59. The molecule has 0 aromatic carbocycles.